The summed E-state index contributed by atoms with van der Waals surface area (Å²) in [5.41, 5.74) is 0.507. The van der Waals surface area contributed by atoms with Crippen LogP contribution in [0.3, 0.4) is 0 Å². The highest BCUT2D eigenvalue weighted by Gasteiger charge is 2.33. The number of nitrogens with zero attached hydrogens (tertiary/aromatic N) is 3. The fourth-order valence-corrected chi connectivity index (χ4v) is 3.61. The Balaban J connectivity index is 1.97. The number of methoxy groups -OCH3 is 1. The molecule has 0 aliphatic carbocycles. The number of rotatable bonds is 3. The molecule has 1 aromatic heterocycles. The van der Waals surface area contributed by atoms with Gasteiger partial charge in [-0.2, -0.15) is 5.21 Å². The summed E-state index contributed by atoms with van der Waals surface area (Å²) in [6.45, 7) is 0. The van der Waals surface area contributed by atoms with E-state index in [2.05, 4.69) is 25.9 Å². The molecule has 1 aliphatic rings. The average molecular weight is 326 g/mol. The Bertz CT molecular complexity index is 774. The summed E-state index contributed by atoms with van der Waals surface area (Å²) in [6, 6.07) is 4.90. The third-order valence-electron chi connectivity index (χ3n) is 2.78. The van der Waals surface area contributed by atoms with Crippen LogP contribution < -0.4 is 10.1 Å². The van der Waals surface area contributed by atoms with Crippen molar-refractivity contribution in [1.82, 2.24) is 20.6 Å². The molecule has 0 saturated carbocycles. The second-order valence-corrected chi connectivity index (χ2v) is 5.73. The number of hydrogen-bond acceptors (Lipinski definition) is 6. The normalized spacial score (nSPS) is 16.8. The highest BCUT2D eigenvalue weighted by molar-refractivity contribution is 7.91. The van der Waals surface area contributed by atoms with E-state index in [1.165, 1.54) is 7.11 Å². The molecule has 0 radical (unpaired) electrons. The number of fused-ring (bicyclic) bond motifs is 1. The van der Waals surface area contributed by atoms with Crippen LogP contribution >= 0.6 is 11.6 Å². The summed E-state index contributed by atoms with van der Waals surface area (Å²) in [5, 5.41) is 15.2. The molecule has 2 aromatic rings. The largest absolute Gasteiger partial charge is 0.497 e. The number of nitrogens with one attached hydrogen (secondary N) is 2. The fourth-order valence-electron chi connectivity index (χ4n) is 1.84. The van der Waals surface area contributed by atoms with Gasteiger partial charge in [-0.15, -0.1) is 5.10 Å². The SMILES string of the molecule is COc1ccc2c(c1)C(Cl)=C(C(=O)Nc1nn[nH]n1)S2=O. The molecule has 2 N–H and O–H groups in total. The second-order valence-electron chi connectivity index (χ2n) is 3.96. The fraction of sp³-hybridized carbons (Fsp3) is 0.0909. The van der Waals surface area contributed by atoms with Crippen LogP contribution in [0.25, 0.3) is 5.03 Å². The molecule has 1 amide bonds. The van der Waals surface area contributed by atoms with E-state index in [0.29, 0.717) is 16.2 Å². The number of H-pyrrole nitrogens is 1. The Hall–Kier alpha value is -2.26. The van der Waals surface area contributed by atoms with Gasteiger partial charge in [0, 0.05) is 5.56 Å². The molecule has 0 spiro atoms. The summed E-state index contributed by atoms with van der Waals surface area (Å²) >= 11 is 6.17. The first-order valence-corrected chi connectivity index (χ1v) is 7.19. The van der Waals surface area contributed by atoms with Gasteiger partial charge in [0.05, 0.1) is 27.8 Å². The zero-order valence-corrected chi connectivity index (χ0v) is 12.2. The van der Waals surface area contributed by atoms with E-state index in [9.17, 15) is 9.00 Å². The predicted molar refractivity (Wildman–Crippen MR) is 75.0 cm³/mol. The summed E-state index contributed by atoms with van der Waals surface area (Å²) < 4.78 is 17.5. The number of aromatic nitrogens is 4. The first-order valence-electron chi connectivity index (χ1n) is 5.66. The van der Waals surface area contributed by atoms with E-state index in [4.69, 9.17) is 16.3 Å². The van der Waals surface area contributed by atoms with E-state index < -0.39 is 16.7 Å². The number of carbonyl (C=O) groups is 1. The number of anilines is 1. The third kappa shape index (κ3) is 2.30. The van der Waals surface area contributed by atoms with Gasteiger partial charge in [0.2, 0.25) is 0 Å². The minimum atomic E-state index is -1.67. The number of tetrazole rings is 1. The predicted octanol–water partition coefficient (Wildman–Crippen LogP) is 0.876. The summed E-state index contributed by atoms with van der Waals surface area (Å²) in [5.74, 6) is -0.110. The van der Waals surface area contributed by atoms with Gasteiger partial charge < -0.3 is 4.74 Å². The molecular weight excluding hydrogens is 318 g/mol. The molecule has 108 valence electrons. The molecule has 2 heterocycles. The Morgan fingerprint density at radius 2 is 2.29 bits per heavy atom. The summed E-state index contributed by atoms with van der Waals surface area (Å²) in [7, 11) is -0.165. The second kappa shape index (κ2) is 5.26. The lowest BCUT2D eigenvalue weighted by Gasteiger charge is -2.02. The van der Waals surface area contributed by atoms with Crippen LogP contribution in [0.1, 0.15) is 5.56 Å². The van der Waals surface area contributed by atoms with Crippen molar-refractivity contribution in [1.29, 1.82) is 0 Å². The maximum Gasteiger partial charge on any atom is 0.270 e. The Labute approximate surface area is 126 Å². The van der Waals surface area contributed by atoms with Crippen molar-refractivity contribution in [3.05, 3.63) is 28.7 Å². The van der Waals surface area contributed by atoms with Gasteiger partial charge in [-0.25, -0.2) is 4.21 Å². The lowest BCUT2D eigenvalue weighted by atomic mass is 10.2. The van der Waals surface area contributed by atoms with Crippen LogP contribution in [0.2, 0.25) is 0 Å². The van der Waals surface area contributed by atoms with Crippen LogP contribution in [0, 0.1) is 0 Å². The molecule has 3 rings (SSSR count). The lowest BCUT2D eigenvalue weighted by molar-refractivity contribution is -0.112. The first kappa shape index (κ1) is 13.7. The molecule has 0 bridgehead atoms. The van der Waals surface area contributed by atoms with E-state index in [0.717, 1.165) is 0 Å². The maximum absolute atomic E-state index is 12.4. The van der Waals surface area contributed by atoms with Gasteiger partial charge in [0.15, 0.2) is 0 Å². The molecule has 21 heavy (non-hydrogen) atoms. The number of ether oxygens (including phenoxy) is 1. The molecule has 0 fully saturated rings. The zero-order valence-electron chi connectivity index (χ0n) is 10.6. The van der Waals surface area contributed by atoms with E-state index >= 15 is 0 Å². The number of halogens is 1. The third-order valence-corrected chi connectivity index (χ3v) is 4.81. The van der Waals surface area contributed by atoms with Crippen molar-refractivity contribution >= 4 is 39.3 Å². The van der Waals surface area contributed by atoms with Crippen LogP contribution in [-0.2, 0) is 15.6 Å². The van der Waals surface area contributed by atoms with Crippen molar-refractivity contribution in [2.24, 2.45) is 0 Å². The minimum Gasteiger partial charge on any atom is -0.497 e. The molecule has 8 nitrogen and oxygen atoms in total. The Morgan fingerprint density at radius 1 is 1.48 bits per heavy atom. The Morgan fingerprint density at radius 3 is 2.95 bits per heavy atom. The summed E-state index contributed by atoms with van der Waals surface area (Å²) in [4.78, 5) is 12.6. The zero-order chi connectivity index (χ0) is 15.0. The highest BCUT2D eigenvalue weighted by Crippen LogP contribution is 2.40. The molecule has 0 saturated heterocycles. The van der Waals surface area contributed by atoms with Crippen LogP contribution in [0.5, 0.6) is 5.75 Å². The maximum atomic E-state index is 12.4. The highest BCUT2D eigenvalue weighted by atomic mass is 35.5. The number of benzene rings is 1. The summed E-state index contributed by atoms with van der Waals surface area (Å²) in [6.07, 6.45) is 0. The van der Waals surface area contributed by atoms with Gasteiger partial charge in [-0.1, -0.05) is 16.7 Å². The molecule has 1 aromatic carbocycles. The van der Waals surface area contributed by atoms with Crippen molar-refractivity contribution < 1.29 is 13.7 Å². The first-order chi connectivity index (χ1) is 10.1. The lowest BCUT2D eigenvalue weighted by Crippen LogP contribution is -2.17. The van der Waals surface area contributed by atoms with E-state index in [1.54, 1.807) is 18.2 Å². The van der Waals surface area contributed by atoms with Crippen molar-refractivity contribution in [2.45, 2.75) is 4.90 Å². The average Bonchev–Trinajstić information content (AvgIpc) is 3.06. The minimum absolute atomic E-state index is 0.0255. The van der Waals surface area contributed by atoms with E-state index in [-0.39, 0.29) is 15.9 Å². The van der Waals surface area contributed by atoms with Crippen LogP contribution in [0.15, 0.2) is 28.0 Å². The smallest absolute Gasteiger partial charge is 0.270 e. The number of hydrogen-bond donors (Lipinski definition) is 2. The Kier molecular flexibility index (Phi) is 3.43. The monoisotopic (exact) mass is 325 g/mol. The number of carbonyl (C=O) groups excluding carboxylic acids is 1. The standard InChI is InChI=1S/C11H8ClN5O3S/c1-20-5-2-3-7-6(4-5)8(12)9(21(7)19)10(18)13-11-14-16-17-15-11/h2-4H,1H3,(H2,13,14,15,16,17,18). The number of amides is 1. The van der Waals surface area contributed by atoms with Crippen molar-refractivity contribution in [3.8, 4) is 5.75 Å². The molecular formula is C11H8ClN5O3S. The van der Waals surface area contributed by atoms with Gasteiger partial charge in [-0.05, 0) is 23.4 Å². The van der Waals surface area contributed by atoms with Gasteiger partial charge in [-0.3, -0.25) is 10.1 Å². The van der Waals surface area contributed by atoms with Gasteiger partial charge in [0.1, 0.15) is 10.7 Å². The van der Waals surface area contributed by atoms with Crippen molar-refractivity contribution in [2.75, 3.05) is 12.4 Å². The van der Waals surface area contributed by atoms with E-state index in [1.807, 2.05) is 0 Å². The molecule has 1 aliphatic heterocycles. The van der Waals surface area contributed by atoms with Crippen LogP contribution in [-0.4, -0.2) is 37.9 Å². The quantitative estimate of drug-likeness (QED) is 0.866. The van der Waals surface area contributed by atoms with Gasteiger partial charge in [0.25, 0.3) is 11.9 Å². The van der Waals surface area contributed by atoms with Crippen LogP contribution in [0.4, 0.5) is 5.95 Å². The van der Waals surface area contributed by atoms with Crippen molar-refractivity contribution in [3.63, 3.8) is 0 Å². The molecule has 10 heteroatoms. The van der Waals surface area contributed by atoms with Gasteiger partial charge >= 0.3 is 0 Å². The molecule has 1 atom stereocenters. The topological polar surface area (TPSA) is 110 Å². The number of aromatic amines is 1. The molecule has 1 unspecified atom stereocenters.